The number of imidazole rings is 1. The number of anilines is 1. The van der Waals surface area contributed by atoms with E-state index in [9.17, 15) is 0 Å². The van der Waals surface area contributed by atoms with Gasteiger partial charge in [-0.1, -0.05) is 40.2 Å². The molecule has 0 saturated carbocycles. The molecule has 0 spiro atoms. The highest BCUT2D eigenvalue weighted by atomic mass is 79.9. The SMILES string of the molecule is Cc1ccc(/C=N\Nc2nc3ccccc3[nH]2)cc1Br. The molecular formula is C15H13BrN4. The van der Waals surface area contributed by atoms with Crippen molar-refractivity contribution < 1.29 is 0 Å². The first-order valence-electron chi connectivity index (χ1n) is 6.22. The van der Waals surface area contributed by atoms with E-state index in [1.165, 1.54) is 5.56 Å². The second kappa shape index (κ2) is 5.46. The number of aromatic amines is 1. The van der Waals surface area contributed by atoms with Gasteiger partial charge in [-0.3, -0.25) is 0 Å². The van der Waals surface area contributed by atoms with Crippen LogP contribution < -0.4 is 5.43 Å². The first-order chi connectivity index (χ1) is 9.72. The van der Waals surface area contributed by atoms with E-state index in [1.54, 1.807) is 6.21 Å². The smallest absolute Gasteiger partial charge is 0.222 e. The molecule has 0 fully saturated rings. The monoisotopic (exact) mass is 328 g/mol. The van der Waals surface area contributed by atoms with Crippen molar-refractivity contribution in [2.75, 3.05) is 5.43 Å². The second-order valence-electron chi connectivity index (χ2n) is 4.48. The molecule has 1 aromatic heterocycles. The summed E-state index contributed by atoms with van der Waals surface area (Å²) in [4.78, 5) is 7.54. The molecule has 0 aliphatic rings. The molecule has 20 heavy (non-hydrogen) atoms. The van der Waals surface area contributed by atoms with Crippen molar-refractivity contribution in [1.29, 1.82) is 0 Å². The summed E-state index contributed by atoms with van der Waals surface area (Å²) in [5, 5.41) is 4.19. The number of aryl methyl sites for hydroxylation is 1. The van der Waals surface area contributed by atoms with E-state index in [-0.39, 0.29) is 0 Å². The maximum Gasteiger partial charge on any atom is 0.222 e. The summed E-state index contributed by atoms with van der Waals surface area (Å²) in [5.74, 6) is 0.633. The van der Waals surface area contributed by atoms with Crippen molar-refractivity contribution in [1.82, 2.24) is 9.97 Å². The minimum atomic E-state index is 0.633. The van der Waals surface area contributed by atoms with E-state index in [4.69, 9.17) is 0 Å². The van der Waals surface area contributed by atoms with Gasteiger partial charge in [0.2, 0.25) is 5.95 Å². The van der Waals surface area contributed by atoms with Gasteiger partial charge in [0.25, 0.3) is 0 Å². The minimum absolute atomic E-state index is 0.633. The normalized spacial score (nSPS) is 11.3. The Morgan fingerprint density at radius 2 is 2.10 bits per heavy atom. The quantitative estimate of drug-likeness (QED) is 0.562. The molecule has 100 valence electrons. The van der Waals surface area contributed by atoms with E-state index < -0.39 is 0 Å². The summed E-state index contributed by atoms with van der Waals surface area (Å²) < 4.78 is 1.07. The van der Waals surface area contributed by atoms with Crippen LogP contribution in [0.1, 0.15) is 11.1 Å². The average molecular weight is 329 g/mol. The standard InChI is InChI=1S/C15H13BrN4/c1-10-6-7-11(8-12(10)16)9-17-20-15-18-13-4-2-3-5-14(13)19-15/h2-9H,1H3,(H2,18,19,20)/b17-9-. The molecule has 0 atom stereocenters. The number of aromatic nitrogens is 2. The number of hydrazone groups is 1. The van der Waals surface area contributed by atoms with Gasteiger partial charge in [0.15, 0.2) is 0 Å². The lowest BCUT2D eigenvalue weighted by atomic mass is 10.2. The van der Waals surface area contributed by atoms with E-state index in [0.29, 0.717) is 5.95 Å². The minimum Gasteiger partial charge on any atom is -0.323 e. The van der Waals surface area contributed by atoms with Gasteiger partial charge in [-0.05, 0) is 36.2 Å². The average Bonchev–Trinajstić information content (AvgIpc) is 2.85. The van der Waals surface area contributed by atoms with E-state index >= 15 is 0 Å². The summed E-state index contributed by atoms with van der Waals surface area (Å²) in [7, 11) is 0. The molecule has 2 N–H and O–H groups in total. The Labute approximate surface area is 125 Å². The van der Waals surface area contributed by atoms with Crippen LogP contribution in [0.3, 0.4) is 0 Å². The molecule has 0 unspecified atom stereocenters. The zero-order valence-electron chi connectivity index (χ0n) is 10.9. The number of para-hydroxylation sites is 2. The van der Waals surface area contributed by atoms with Crippen LogP contribution in [0.25, 0.3) is 11.0 Å². The Morgan fingerprint density at radius 3 is 2.90 bits per heavy atom. The Morgan fingerprint density at radius 1 is 1.25 bits per heavy atom. The third-order valence-electron chi connectivity index (χ3n) is 2.97. The van der Waals surface area contributed by atoms with Gasteiger partial charge in [0.1, 0.15) is 0 Å². The third kappa shape index (κ3) is 2.72. The summed E-state index contributed by atoms with van der Waals surface area (Å²) in [5.41, 5.74) is 7.03. The first kappa shape index (κ1) is 12.9. The highest BCUT2D eigenvalue weighted by Gasteiger charge is 1.99. The fourth-order valence-electron chi connectivity index (χ4n) is 1.86. The van der Waals surface area contributed by atoms with Crippen LogP contribution in [-0.2, 0) is 0 Å². The largest absolute Gasteiger partial charge is 0.323 e. The summed E-state index contributed by atoms with van der Waals surface area (Å²) in [6.45, 7) is 2.05. The number of halogens is 1. The van der Waals surface area contributed by atoms with Crippen molar-refractivity contribution >= 4 is 39.1 Å². The van der Waals surface area contributed by atoms with Crippen LogP contribution in [-0.4, -0.2) is 16.2 Å². The van der Waals surface area contributed by atoms with Crippen LogP contribution >= 0.6 is 15.9 Å². The fraction of sp³-hybridized carbons (Fsp3) is 0.0667. The summed E-state index contributed by atoms with van der Waals surface area (Å²) in [6, 6.07) is 14.0. The Hall–Kier alpha value is -2.14. The molecule has 0 aliphatic carbocycles. The highest BCUT2D eigenvalue weighted by Crippen LogP contribution is 2.16. The number of nitrogens with zero attached hydrogens (tertiary/aromatic N) is 2. The van der Waals surface area contributed by atoms with Crippen molar-refractivity contribution in [3.8, 4) is 0 Å². The van der Waals surface area contributed by atoms with Gasteiger partial charge in [0, 0.05) is 4.47 Å². The van der Waals surface area contributed by atoms with Crippen molar-refractivity contribution in [3.05, 3.63) is 58.1 Å². The maximum absolute atomic E-state index is 4.39. The lowest BCUT2D eigenvalue weighted by Gasteiger charge is -1.99. The number of fused-ring (bicyclic) bond motifs is 1. The molecule has 2 aromatic carbocycles. The zero-order valence-corrected chi connectivity index (χ0v) is 12.5. The molecule has 0 bridgehead atoms. The molecule has 3 rings (SSSR count). The first-order valence-corrected chi connectivity index (χ1v) is 7.02. The van der Waals surface area contributed by atoms with Crippen LogP contribution in [0.2, 0.25) is 0 Å². The molecule has 1 heterocycles. The Bertz CT molecular complexity index is 743. The maximum atomic E-state index is 4.39. The Balaban J connectivity index is 1.75. The van der Waals surface area contributed by atoms with Gasteiger partial charge in [-0.2, -0.15) is 5.10 Å². The predicted molar refractivity (Wildman–Crippen MR) is 86.2 cm³/mol. The van der Waals surface area contributed by atoms with Gasteiger partial charge in [-0.25, -0.2) is 10.4 Å². The van der Waals surface area contributed by atoms with Gasteiger partial charge in [0.05, 0.1) is 17.2 Å². The van der Waals surface area contributed by atoms with Crippen molar-refractivity contribution in [2.45, 2.75) is 6.92 Å². The van der Waals surface area contributed by atoms with Crippen LogP contribution in [0.15, 0.2) is 52.0 Å². The number of benzene rings is 2. The number of rotatable bonds is 3. The number of hydrogen-bond acceptors (Lipinski definition) is 3. The van der Waals surface area contributed by atoms with Crippen LogP contribution in [0.4, 0.5) is 5.95 Å². The molecule has 3 aromatic rings. The molecule has 0 aliphatic heterocycles. The highest BCUT2D eigenvalue weighted by molar-refractivity contribution is 9.10. The Kier molecular flexibility index (Phi) is 3.52. The van der Waals surface area contributed by atoms with Crippen molar-refractivity contribution in [3.63, 3.8) is 0 Å². The third-order valence-corrected chi connectivity index (χ3v) is 3.82. The van der Waals surface area contributed by atoms with Gasteiger partial charge >= 0.3 is 0 Å². The molecular weight excluding hydrogens is 316 g/mol. The van der Waals surface area contributed by atoms with E-state index in [2.05, 4.69) is 43.3 Å². The number of nitrogens with one attached hydrogen (secondary N) is 2. The predicted octanol–water partition coefficient (Wildman–Crippen LogP) is 4.08. The fourth-order valence-corrected chi connectivity index (χ4v) is 2.26. The zero-order chi connectivity index (χ0) is 13.9. The van der Waals surface area contributed by atoms with Crippen LogP contribution in [0, 0.1) is 6.92 Å². The van der Waals surface area contributed by atoms with E-state index in [0.717, 1.165) is 21.1 Å². The van der Waals surface area contributed by atoms with Gasteiger partial charge in [-0.15, -0.1) is 0 Å². The molecule has 0 radical (unpaired) electrons. The van der Waals surface area contributed by atoms with Crippen LogP contribution in [0.5, 0.6) is 0 Å². The second-order valence-corrected chi connectivity index (χ2v) is 5.34. The molecule has 0 amide bonds. The number of H-pyrrole nitrogens is 1. The lowest BCUT2D eigenvalue weighted by Crippen LogP contribution is -1.92. The summed E-state index contributed by atoms with van der Waals surface area (Å²) >= 11 is 3.51. The van der Waals surface area contributed by atoms with Gasteiger partial charge < -0.3 is 4.98 Å². The number of hydrogen-bond donors (Lipinski definition) is 2. The topological polar surface area (TPSA) is 53.1 Å². The van der Waals surface area contributed by atoms with Crippen molar-refractivity contribution in [2.24, 2.45) is 5.10 Å². The molecule has 4 nitrogen and oxygen atoms in total. The molecule has 5 heteroatoms. The molecule has 0 saturated heterocycles. The van der Waals surface area contributed by atoms with E-state index in [1.807, 2.05) is 42.5 Å². The lowest BCUT2D eigenvalue weighted by molar-refractivity contribution is 1.21. The summed E-state index contributed by atoms with van der Waals surface area (Å²) in [6.07, 6.45) is 1.76.